The van der Waals surface area contributed by atoms with E-state index in [1.54, 1.807) is 12.1 Å². The summed E-state index contributed by atoms with van der Waals surface area (Å²) < 4.78 is 25.2. The van der Waals surface area contributed by atoms with Crippen LogP contribution in [-0.2, 0) is 16.4 Å². The van der Waals surface area contributed by atoms with Gasteiger partial charge in [0.05, 0.1) is 10.6 Å². The number of fused-ring (bicyclic) bond motifs is 1. The van der Waals surface area contributed by atoms with Gasteiger partial charge >= 0.3 is 0 Å². The fourth-order valence-electron chi connectivity index (χ4n) is 2.31. The van der Waals surface area contributed by atoms with Gasteiger partial charge in [-0.3, -0.25) is 0 Å². The highest BCUT2D eigenvalue weighted by molar-refractivity contribution is 9.10. The summed E-state index contributed by atoms with van der Waals surface area (Å²) in [7, 11) is -3.63. The van der Waals surface area contributed by atoms with Crippen LogP contribution in [0.25, 0.3) is 0 Å². The summed E-state index contributed by atoms with van der Waals surface area (Å²) in [6.45, 7) is 0. The molecular weight excluding hydrogens is 352 g/mol. The molecule has 0 unspecified atom stereocenters. The van der Waals surface area contributed by atoms with Gasteiger partial charge in [-0.05, 0) is 42.7 Å². The number of rotatable bonds is 3. The van der Waals surface area contributed by atoms with Gasteiger partial charge in [0, 0.05) is 10.0 Å². The minimum Gasteiger partial charge on any atom is -0.200 e. The van der Waals surface area contributed by atoms with Crippen molar-refractivity contribution in [2.75, 3.05) is 0 Å². The predicted molar refractivity (Wildman–Crippen MR) is 85.8 cm³/mol. The van der Waals surface area contributed by atoms with Crippen LogP contribution in [0.3, 0.4) is 0 Å². The van der Waals surface area contributed by atoms with E-state index in [0.29, 0.717) is 0 Å². The molecular formula is C15H13BrN2O2S. The lowest BCUT2D eigenvalue weighted by Gasteiger charge is -2.05. The topological polar surface area (TPSA) is 58.5 Å². The lowest BCUT2D eigenvalue weighted by atomic mass is 10.1. The number of nitrogens with zero attached hydrogens (tertiary/aromatic N) is 1. The van der Waals surface area contributed by atoms with E-state index in [1.807, 2.05) is 24.3 Å². The Morgan fingerprint density at radius 2 is 1.71 bits per heavy atom. The van der Waals surface area contributed by atoms with Crippen LogP contribution in [0.5, 0.6) is 0 Å². The van der Waals surface area contributed by atoms with Crippen molar-refractivity contribution < 1.29 is 8.42 Å². The van der Waals surface area contributed by atoms with Crippen molar-refractivity contribution in [1.29, 1.82) is 0 Å². The molecule has 2 aromatic rings. The quantitative estimate of drug-likeness (QED) is 0.850. The molecule has 0 spiro atoms. The van der Waals surface area contributed by atoms with Crippen LogP contribution in [-0.4, -0.2) is 14.1 Å². The molecule has 0 aliphatic heterocycles. The highest BCUT2D eigenvalue weighted by atomic mass is 79.9. The second kappa shape index (κ2) is 5.61. The highest BCUT2D eigenvalue weighted by Gasteiger charge is 2.18. The van der Waals surface area contributed by atoms with Crippen molar-refractivity contribution in [2.45, 2.75) is 17.7 Å². The molecule has 0 saturated carbocycles. The molecule has 0 bridgehead atoms. The first-order valence-corrected chi connectivity index (χ1v) is 8.76. The Labute approximate surface area is 132 Å². The molecule has 3 rings (SSSR count). The molecule has 0 atom stereocenters. The second-order valence-corrected chi connectivity index (χ2v) is 7.34. The normalized spacial score (nSPS) is 16.0. The molecule has 0 amide bonds. The number of halogens is 1. The Kier molecular flexibility index (Phi) is 3.82. The average molecular weight is 365 g/mol. The largest absolute Gasteiger partial charge is 0.276 e. The monoisotopic (exact) mass is 364 g/mol. The molecule has 4 nitrogen and oxygen atoms in total. The summed E-state index contributed by atoms with van der Waals surface area (Å²) in [4.78, 5) is 2.52. The summed E-state index contributed by atoms with van der Waals surface area (Å²) in [6, 6.07) is 14.4. The molecule has 1 aliphatic carbocycles. The lowest BCUT2D eigenvalue weighted by Crippen LogP contribution is -2.20. The standard InChI is InChI=1S/C15H13BrN2O2S/c16-12-6-8-13(9-7-12)21(19,20)18-17-15-10-5-11-3-1-2-4-14(11)15/h1-4,6-9,18H,5,10H2/b17-15+. The first-order valence-electron chi connectivity index (χ1n) is 6.48. The maximum atomic E-state index is 12.2. The van der Waals surface area contributed by atoms with Crippen molar-refractivity contribution in [1.82, 2.24) is 4.83 Å². The van der Waals surface area contributed by atoms with Gasteiger partial charge in [-0.1, -0.05) is 40.2 Å². The van der Waals surface area contributed by atoms with Gasteiger partial charge in [0.15, 0.2) is 0 Å². The van der Waals surface area contributed by atoms with Crippen molar-refractivity contribution in [3.63, 3.8) is 0 Å². The number of aryl methyl sites for hydroxylation is 1. The number of sulfonamides is 1. The zero-order chi connectivity index (χ0) is 14.9. The Bertz CT molecular complexity index is 799. The van der Waals surface area contributed by atoms with E-state index in [4.69, 9.17) is 0 Å². The Balaban J connectivity index is 1.85. The van der Waals surface area contributed by atoms with Crippen LogP contribution >= 0.6 is 15.9 Å². The van der Waals surface area contributed by atoms with Gasteiger partial charge < -0.3 is 0 Å². The van der Waals surface area contributed by atoms with Crippen LogP contribution < -0.4 is 4.83 Å². The van der Waals surface area contributed by atoms with Crippen LogP contribution in [0, 0.1) is 0 Å². The maximum Gasteiger partial charge on any atom is 0.276 e. The molecule has 1 N–H and O–H groups in total. The van der Waals surface area contributed by atoms with Crippen molar-refractivity contribution in [2.24, 2.45) is 5.10 Å². The number of hydrazone groups is 1. The summed E-state index contributed by atoms with van der Waals surface area (Å²) in [5.74, 6) is 0. The third kappa shape index (κ3) is 3.01. The number of hydrogen-bond donors (Lipinski definition) is 1. The molecule has 0 heterocycles. The van der Waals surface area contributed by atoms with Gasteiger partial charge in [0.1, 0.15) is 0 Å². The Morgan fingerprint density at radius 1 is 1.00 bits per heavy atom. The molecule has 0 aromatic heterocycles. The molecule has 1 aliphatic rings. The van der Waals surface area contributed by atoms with E-state index in [0.717, 1.165) is 28.6 Å². The minimum absolute atomic E-state index is 0.196. The number of nitrogens with one attached hydrogen (secondary N) is 1. The molecule has 21 heavy (non-hydrogen) atoms. The second-order valence-electron chi connectivity index (χ2n) is 4.76. The maximum absolute atomic E-state index is 12.2. The lowest BCUT2D eigenvalue weighted by molar-refractivity contribution is 0.584. The van der Waals surface area contributed by atoms with Crippen molar-refractivity contribution in [3.05, 3.63) is 64.1 Å². The van der Waals surface area contributed by atoms with Gasteiger partial charge in [-0.2, -0.15) is 18.4 Å². The van der Waals surface area contributed by atoms with Crippen LogP contribution in [0.4, 0.5) is 0 Å². The SMILES string of the molecule is O=S(=O)(N/N=C1\CCc2ccccc21)c1ccc(Br)cc1. The molecule has 0 saturated heterocycles. The average Bonchev–Trinajstić information content (AvgIpc) is 2.89. The molecule has 0 fully saturated rings. The summed E-state index contributed by atoms with van der Waals surface area (Å²) in [5, 5.41) is 4.10. The molecule has 0 radical (unpaired) electrons. The zero-order valence-electron chi connectivity index (χ0n) is 11.1. The van der Waals surface area contributed by atoms with Gasteiger partial charge in [-0.25, -0.2) is 0 Å². The van der Waals surface area contributed by atoms with E-state index in [1.165, 1.54) is 17.7 Å². The van der Waals surface area contributed by atoms with Crippen LogP contribution in [0.1, 0.15) is 17.5 Å². The van der Waals surface area contributed by atoms with Crippen molar-refractivity contribution in [3.8, 4) is 0 Å². The van der Waals surface area contributed by atoms with E-state index in [9.17, 15) is 8.42 Å². The van der Waals surface area contributed by atoms with Gasteiger partial charge in [-0.15, -0.1) is 0 Å². The van der Waals surface area contributed by atoms with Gasteiger partial charge in [0.2, 0.25) is 0 Å². The molecule has 108 valence electrons. The van der Waals surface area contributed by atoms with E-state index in [2.05, 4.69) is 25.9 Å². The Morgan fingerprint density at radius 3 is 2.48 bits per heavy atom. The smallest absolute Gasteiger partial charge is 0.200 e. The summed E-state index contributed by atoms with van der Waals surface area (Å²) >= 11 is 3.28. The number of benzene rings is 2. The fraction of sp³-hybridized carbons (Fsp3) is 0.133. The third-order valence-electron chi connectivity index (χ3n) is 3.38. The Hall–Kier alpha value is -1.66. The minimum atomic E-state index is -3.63. The van der Waals surface area contributed by atoms with E-state index in [-0.39, 0.29) is 4.90 Å². The number of hydrogen-bond acceptors (Lipinski definition) is 3. The fourth-order valence-corrected chi connectivity index (χ4v) is 3.40. The van der Waals surface area contributed by atoms with Crippen molar-refractivity contribution >= 4 is 31.7 Å². The third-order valence-corrected chi connectivity index (χ3v) is 5.14. The predicted octanol–water partition coefficient (Wildman–Crippen LogP) is 3.08. The zero-order valence-corrected chi connectivity index (χ0v) is 13.5. The first kappa shape index (κ1) is 14.3. The van der Waals surface area contributed by atoms with E-state index >= 15 is 0 Å². The molecule has 2 aromatic carbocycles. The van der Waals surface area contributed by atoms with Crippen LogP contribution in [0.2, 0.25) is 0 Å². The summed E-state index contributed by atoms with van der Waals surface area (Å²) in [5.41, 5.74) is 3.02. The first-order chi connectivity index (χ1) is 10.1. The highest BCUT2D eigenvalue weighted by Crippen LogP contribution is 2.22. The van der Waals surface area contributed by atoms with Crippen LogP contribution in [0.15, 0.2) is 63.0 Å². The summed E-state index contributed by atoms with van der Waals surface area (Å²) in [6.07, 6.45) is 1.65. The molecule has 6 heteroatoms. The van der Waals surface area contributed by atoms with Gasteiger partial charge in [0.25, 0.3) is 10.0 Å². The van der Waals surface area contributed by atoms with E-state index < -0.39 is 10.0 Å².